The summed E-state index contributed by atoms with van der Waals surface area (Å²) < 4.78 is 2.00. The van der Waals surface area contributed by atoms with E-state index in [9.17, 15) is 4.79 Å². The fourth-order valence-corrected chi connectivity index (χ4v) is 6.07. The number of likely N-dealkylation sites (tertiary alicyclic amines) is 1. The van der Waals surface area contributed by atoms with Gasteiger partial charge in [0.05, 0.1) is 5.39 Å². The van der Waals surface area contributed by atoms with Gasteiger partial charge in [-0.15, -0.1) is 11.3 Å². The van der Waals surface area contributed by atoms with Gasteiger partial charge in [0.2, 0.25) is 0 Å². The van der Waals surface area contributed by atoms with Crippen molar-refractivity contribution in [3.8, 4) is 11.4 Å². The maximum Gasteiger partial charge on any atom is 0.263 e. The molecule has 0 bridgehead atoms. The Hall–Kier alpha value is -2.05. The Kier molecular flexibility index (Phi) is 4.56. The van der Waals surface area contributed by atoms with Crippen LogP contribution in [0.3, 0.4) is 0 Å². The van der Waals surface area contributed by atoms with Crippen LogP contribution in [0.15, 0.2) is 29.3 Å². The molecule has 5 rings (SSSR count). The lowest BCUT2D eigenvalue weighted by atomic mass is 9.89. The Morgan fingerprint density at radius 1 is 1.21 bits per heavy atom. The molecule has 1 unspecified atom stereocenters. The molecule has 0 N–H and O–H groups in total. The molecule has 1 atom stereocenters. The van der Waals surface area contributed by atoms with Gasteiger partial charge in [0, 0.05) is 28.9 Å². The predicted molar refractivity (Wildman–Crippen MR) is 114 cm³/mol. The predicted octanol–water partition coefficient (Wildman–Crippen LogP) is 3.91. The van der Waals surface area contributed by atoms with Crippen LogP contribution in [0, 0.1) is 5.92 Å². The van der Waals surface area contributed by atoms with E-state index in [1.807, 2.05) is 22.9 Å². The number of rotatable bonds is 2. The van der Waals surface area contributed by atoms with Crippen LogP contribution >= 0.6 is 11.3 Å². The molecule has 0 spiro atoms. The number of hydrogen-bond acceptors (Lipinski definition) is 5. The Labute approximate surface area is 169 Å². The first kappa shape index (κ1) is 18.0. The standard InChI is InChI=1S/C22H26N4OS/c1-14-5-6-17-18(12-14)28-21-19(17)22(27)26(16-7-10-25(2)11-8-16)20(24-21)15-4-3-9-23-13-15/h3-4,9,13-14,16H,5-8,10-12H2,1-2H3. The minimum absolute atomic E-state index is 0.158. The van der Waals surface area contributed by atoms with Crippen LogP contribution in [0.4, 0.5) is 0 Å². The van der Waals surface area contributed by atoms with E-state index in [0.717, 1.165) is 66.8 Å². The molecule has 5 nitrogen and oxygen atoms in total. The van der Waals surface area contributed by atoms with Crippen molar-refractivity contribution in [1.82, 2.24) is 19.4 Å². The number of aromatic nitrogens is 3. The van der Waals surface area contributed by atoms with Crippen LogP contribution in [0.1, 0.15) is 42.7 Å². The molecule has 2 aliphatic rings. The molecule has 0 saturated carbocycles. The first-order chi connectivity index (χ1) is 13.6. The van der Waals surface area contributed by atoms with Gasteiger partial charge in [-0.2, -0.15) is 0 Å². The van der Waals surface area contributed by atoms with E-state index >= 15 is 0 Å². The van der Waals surface area contributed by atoms with Crippen molar-refractivity contribution in [2.75, 3.05) is 20.1 Å². The number of fused-ring (bicyclic) bond motifs is 3. The summed E-state index contributed by atoms with van der Waals surface area (Å²) in [6.07, 6.45) is 8.82. The first-order valence-corrected chi connectivity index (χ1v) is 11.1. The largest absolute Gasteiger partial charge is 0.306 e. The van der Waals surface area contributed by atoms with Crippen molar-refractivity contribution in [3.05, 3.63) is 45.3 Å². The van der Waals surface area contributed by atoms with Crippen LogP contribution in [0.2, 0.25) is 0 Å². The van der Waals surface area contributed by atoms with E-state index in [0.29, 0.717) is 5.92 Å². The average Bonchev–Trinajstić information content (AvgIpc) is 3.07. The summed E-state index contributed by atoms with van der Waals surface area (Å²) in [7, 11) is 2.15. The molecule has 6 heteroatoms. The van der Waals surface area contributed by atoms with E-state index in [4.69, 9.17) is 4.98 Å². The highest BCUT2D eigenvalue weighted by atomic mass is 32.1. The molecule has 28 heavy (non-hydrogen) atoms. The van der Waals surface area contributed by atoms with E-state index in [1.165, 1.54) is 10.4 Å². The number of hydrogen-bond donors (Lipinski definition) is 0. The lowest BCUT2D eigenvalue weighted by Crippen LogP contribution is -2.36. The third-order valence-electron chi connectivity index (χ3n) is 6.33. The van der Waals surface area contributed by atoms with Crippen molar-refractivity contribution in [1.29, 1.82) is 0 Å². The summed E-state index contributed by atoms with van der Waals surface area (Å²) in [6, 6.07) is 4.14. The van der Waals surface area contributed by atoms with Crippen LogP contribution in [-0.4, -0.2) is 39.6 Å². The number of nitrogens with zero attached hydrogens (tertiary/aromatic N) is 4. The summed E-state index contributed by atoms with van der Waals surface area (Å²) in [6.45, 7) is 4.33. The molecule has 1 saturated heterocycles. The quantitative estimate of drug-likeness (QED) is 0.661. The molecule has 1 aliphatic carbocycles. The molecule has 1 fully saturated rings. The van der Waals surface area contributed by atoms with Gasteiger partial charge < -0.3 is 4.90 Å². The maximum absolute atomic E-state index is 13.8. The summed E-state index contributed by atoms with van der Waals surface area (Å²) in [5, 5.41) is 0.887. The smallest absolute Gasteiger partial charge is 0.263 e. The van der Waals surface area contributed by atoms with Gasteiger partial charge >= 0.3 is 0 Å². The van der Waals surface area contributed by atoms with E-state index in [-0.39, 0.29) is 11.6 Å². The zero-order chi connectivity index (χ0) is 19.3. The third kappa shape index (κ3) is 2.99. The van der Waals surface area contributed by atoms with Crippen molar-refractivity contribution < 1.29 is 0 Å². The molecular weight excluding hydrogens is 368 g/mol. The van der Waals surface area contributed by atoms with E-state index in [1.54, 1.807) is 17.5 Å². The lowest BCUT2D eigenvalue weighted by molar-refractivity contribution is 0.219. The SMILES string of the molecule is CC1CCc2c(sc3nc(-c4cccnc4)n(C4CCN(C)CC4)c(=O)c23)C1. The lowest BCUT2D eigenvalue weighted by Gasteiger charge is -2.31. The van der Waals surface area contributed by atoms with Gasteiger partial charge in [-0.05, 0) is 75.9 Å². The highest BCUT2D eigenvalue weighted by molar-refractivity contribution is 7.18. The molecule has 1 aliphatic heterocycles. The van der Waals surface area contributed by atoms with Crippen molar-refractivity contribution in [2.24, 2.45) is 5.92 Å². The minimum Gasteiger partial charge on any atom is -0.306 e. The summed E-state index contributed by atoms with van der Waals surface area (Å²) in [5.74, 6) is 1.47. The van der Waals surface area contributed by atoms with Gasteiger partial charge in [0.25, 0.3) is 5.56 Å². The van der Waals surface area contributed by atoms with Crippen LogP contribution in [-0.2, 0) is 12.8 Å². The topological polar surface area (TPSA) is 51.0 Å². The van der Waals surface area contributed by atoms with E-state index < -0.39 is 0 Å². The normalized spacial score (nSPS) is 21.1. The first-order valence-electron chi connectivity index (χ1n) is 10.3. The molecule has 3 aromatic rings. The second-order valence-electron chi connectivity index (χ2n) is 8.42. The zero-order valence-corrected chi connectivity index (χ0v) is 17.3. The summed E-state index contributed by atoms with van der Waals surface area (Å²) in [4.78, 5) is 27.8. The molecule has 4 heterocycles. The molecular formula is C22H26N4OS. The third-order valence-corrected chi connectivity index (χ3v) is 7.48. The van der Waals surface area contributed by atoms with Gasteiger partial charge in [-0.1, -0.05) is 6.92 Å². The Bertz CT molecular complexity index is 1060. The van der Waals surface area contributed by atoms with Crippen molar-refractivity contribution in [2.45, 2.75) is 45.1 Å². The van der Waals surface area contributed by atoms with Crippen molar-refractivity contribution >= 4 is 21.6 Å². The number of thiophene rings is 1. The van der Waals surface area contributed by atoms with Crippen LogP contribution in [0.5, 0.6) is 0 Å². The molecule has 0 aromatic carbocycles. The van der Waals surface area contributed by atoms with Gasteiger partial charge in [0.1, 0.15) is 10.7 Å². The second kappa shape index (κ2) is 7.08. The molecule has 0 amide bonds. The summed E-state index contributed by atoms with van der Waals surface area (Å²) in [5.41, 5.74) is 2.36. The van der Waals surface area contributed by atoms with Crippen molar-refractivity contribution in [3.63, 3.8) is 0 Å². The maximum atomic E-state index is 13.8. The van der Waals surface area contributed by atoms with Gasteiger partial charge in [0.15, 0.2) is 0 Å². The summed E-state index contributed by atoms with van der Waals surface area (Å²) >= 11 is 1.73. The Morgan fingerprint density at radius 2 is 2.04 bits per heavy atom. The van der Waals surface area contributed by atoms with Crippen LogP contribution < -0.4 is 5.56 Å². The van der Waals surface area contributed by atoms with Gasteiger partial charge in [-0.3, -0.25) is 14.3 Å². The minimum atomic E-state index is 0.158. The monoisotopic (exact) mass is 394 g/mol. The van der Waals surface area contributed by atoms with Crippen LogP contribution in [0.25, 0.3) is 21.6 Å². The highest BCUT2D eigenvalue weighted by Gasteiger charge is 2.28. The number of aryl methyl sites for hydroxylation is 1. The van der Waals surface area contributed by atoms with Gasteiger partial charge in [-0.25, -0.2) is 4.98 Å². The fraction of sp³-hybridized carbons (Fsp3) is 0.500. The van der Waals surface area contributed by atoms with E-state index in [2.05, 4.69) is 23.9 Å². The fourth-order valence-electron chi connectivity index (χ4n) is 4.69. The average molecular weight is 395 g/mol. The highest BCUT2D eigenvalue weighted by Crippen LogP contribution is 2.37. The second-order valence-corrected chi connectivity index (χ2v) is 9.50. The molecule has 3 aromatic heterocycles. The zero-order valence-electron chi connectivity index (χ0n) is 16.5. The Balaban J connectivity index is 1.75. The molecule has 0 radical (unpaired) electrons. The number of pyridine rings is 1. The molecule has 146 valence electrons. The Morgan fingerprint density at radius 3 is 2.79 bits per heavy atom. The number of piperidine rings is 1.